The molecule has 0 amide bonds. The van der Waals surface area contributed by atoms with E-state index in [9.17, 15) is 0 Å². The van der Waals surface area contributed by atoms with Crippen molar-refractivity contribution in [1.82, 2.24) is 9.97 Å². The van der Waals surface area contributed by atoms with Crippen molar-refractivity contribution in [1.29, 1.82) is 0 Å². The molecule has 1 N–H and O–H groups in total. The van der Waals surface area contributed by atoms with Gasteiger partial charge < -0.3 is 0 Å². The first kappa shape index (κ1) is 10.6. The second-order valence-corrected chi connectivity index (χ2v) is 3.39. The van der Waals surface area contributed by atoms with E-state index in [0.717, 1.165) is 5.56 Å². The van der Waals surface area contributed by atoms with Gasteiger partial charge in [-0.15, -0.1) is 0 Å². The van der Waals surface area contributed by atoms with Crippen molar-refractivity contribution in [2.45, 2.75) is 0 Å². The summed E-state index contributed by atoms with van der Waals surface area (Å²) in [6, 6.07) is 11.4. The molecule has 1 aromatic carbocycles. The Labute approximate surface area is 98.0 Å². The highest BCUT2D eigenvalue weighted by atomic mass is 35.5. The van der Waals surface area contributed by atoms with Gasteiger partial charge in [0.2, 0.25) is 0 Å². The van der Waals surface area contributed by atoms with Crippen molar-refractivity contribution in [3.63, 3.8) is 0 Å². The van der Waals surface area contributed by atoms with E-state index >= 15 is 0 Å². The summed E-state index contributed by atoms with van der Waals surface area (Å²) in [6.07, 6.45) is 3.08. The molecule has 1 aromatic heterocycles. The van der Waals surface area contributed by atoms with Gasteiger partial charge >= 0.3 is 0 Å². The number of anilines is 1. The van der Waals surface area contributed by atoms with Crippen LogP contribution in [0.3, 0.4) is 0 Å². The first-order valence-electron chi connectivity index (χ1n) is 4.66. The van der Waals surface area contributed by atoms with E-state index < -0.39 is 0 Å². The average Bonchev–Trinajstić information content (AvgIpc) is 2.30. The van der Waals surface area contributed by atoms with Gasteiger partial charge in [0, 0.05) is 6.07 Å². The molecular weight excluding hydrogens is 224 g/mol. The maximum absolute atomic E-state index is 5.70. The molecule has 0 saturated heterocycles. The Morgan fingerprint density at radius 3 is 2.75 bits per heavy atom. The van der Waals surface area contributed by atoms with Crippen molar-refractivity contribution in [3.05, 3.63) is 53.4 Å². The Morgan fingerprint density at radius 1 is 1.19 bits per heavy atom. The van der Waals surface area contributed by atoms with Gasteiger partial charge in [-0.2, -0.15) is 5.10 Å². The van der Waals surface area contributed by atoms with Crippen LogP contribution in [-0.4, -0.2) is 16.2 Å². The van der Waals surface area contributed by atoms with Gasteiger partial charge in [0.05, 0.1) is 6.21 Å². The van der Waals surface area contributed by atoms with E-state index in [1.54, 1.807) is 12.3 Å². The molecule has 0 saturated carbocycles. The molecule has 5 heteroatoms. The fourth-order valence-electron chi connectivity index (χ4n) is 1.11. The van der Waals surface area contributed by atoms with Gasteiger partial charge in [-0.25, -0.2) is 9.97 Å². The summed E-state index contributed by atoms with van der Waals surface area (Å²) >= 11 is 5.70. The number of nitrogens with one attached hydrogen (secondary N) is 1. The molecule has 0 unspecified atom stereocenters. The number of nitrogens with zero attached hydrogens (tertiary/aromatic N) is 3. The van der Waals surface area contributed by atoms with E-state index in [4.69, 9.17) is 11.6 Å². The maximum Gasteiger partial charge on any atom is 0.151 e. The van der Waals surface area contributed by atoms with Crippen LogP contribution in [0.25, 0.3) is 0 Å². The lowest BCUT2D eigenvalue weighted by Crippen LogP contribution is -1.93. The van der Waals surface area contributed by atoms with E-state index in [-0.39, 0.29) is 0 Å². The van der Waals surface area contributed by atoms with E-state index in [2.05, 4.69) is 20.5 Å². The van der Waals surface area contributed by atoms with Gasteiger partial charge in [0.15, 0.2) is 5.82 Å². The summed E-state index contributed by atoms with van der Waals surface area (Å²) in [7, 11) is 0. The lowest BCUT2D eigenvalue weighted by molar-refractivity contribution is 1.14. The first-order valence-corrected chi connectivity index (χ1v) is 5.04. The predicted molar refractivity (Wildman–Crippen MR) is 64.7 cm³/mol. The van der Waals surface area contributed by atoms with Crippen molar-refractivity contribution >= 4 is 23.6 Å². The Hall–Kier alpha value is -1.94. The summed E-state index contributed by atoms with van der Waals surface area (Å²) in [4.78, 5) is 7.72. The highest BCUT2D eigenvalue weighted by Gasteiger charge is 1.92. The number of halogens is 1. The number of benzene rings is 1. The van der Waals surface area contributed by atoms with Gasteiger partial charge in [-0.05, 0) is 5.56 Å². The van der Waals surface area contributed by atoms with Crippen molar-refractivity contribution in [2.24, 2.45) is 5.10 Å². The number of aromatic nitrogens is 2. The molecule has 0 aliphatic rings. The van der Waals surface area contributed by atoms with Gasteiger partial charge in [0.1, 0.15) is 11.5 Å². The second-order valence-electron chi connectivity index (χ2n) is 3.01. The smallest absolute Gasteiger partial charge is 0.151 e. The van der Waals surface area contributed by atoms with Crippen molar-refractivity contribution in [2.75, 3.05) is 5.43 Å². The standard InChI is InChI=1S/C11H9ClN4/c12-10-6-11(14-8-13-10)16-15-7-9-4-2-1-3-5-9/h1-8H,(H,13,14,16). The largest absolute Gasteiger partial charge is 0.261 e. The Morgan fingerprint density at radius 2 is 2.00 bits per heavy atom. The molecule has 0 aliphatic heterocycles. The summed E-state index contributed by atoms with van der Waals surface area (Å²) < 4.78 is 0. The average molecular weight is 233 g/mol. The van der Waals surface area contributed by atoms with Crippen molar-refractivity contribution in [3.8, 4) is 0 Å². The number of rotatable bonds is 3. The molecule has 0 radical (unpaired) electrons. The minimum absolute atomic E-state index is 0.382. The SMILES string of the molecule is Clc1cc(NN=Cc2ccccc2)ncn1. The minimum Gasteiger partial charge on any atom is -0.261 e. The molecule has 0 bridgehead atoms. The lowest BCUT2D eigenvalue weighted by atomic mass is 10.2. The highest BCUT2D eigenvalue weighted by molar-refractivity contribution is 6.29. The molecule has 2 rings (SSSR count). The molecule has 4 nitrogen and oxygen atoms in total. The maximum atomic E-state index is 5.70. The first-order chi connectivity index (χ1) is 7.84. The highest BCUT2D eigenvalue weighted by Crippen LogP contribution is 2.08. The number of hydrogen-bond donors (Lipinski definition) is 1. The Kier molecular flexibility index (Phi) is 3.46. The molecule has 1 heterocycles. The fraction of sp³-hybridized carbons (Fsp3) is 0. The third-order valence-corrected chi connectivity index (χ3v) is 2.03. The molecule has 0 fully saturated rings. The lowest BCUT2D eigenvalue weighted by Gasteiger charge is -1.98. The quantitative estimate of drug-likeness (QED) is 0.503. The van der Waals surface area contributed by atoms with Gasteiger partial charge in [-0.1, -0.05) is 41.9 Å². The Balaban J connectivity index is 2.00. The van der Waals surface area contributed by atoms with E-state index in [0.29, 0.717) is 11.0 Å². The fourth-order valence-corrected chi connectivity index (χ4v) is 1.25. The molecule has 80 valence electrons. The predicted octanol–water partition coefficient (Wildman–Crippen LogP) is 2.58. The van der Waals surface area contributed by atoms with Crippen LogP contribution in [0.5, 0.6) is 0 Å². The van der Waals surface area contributed by atoms with Crippen LogP contribution >= 0.6 is 11.6 Å². The van der Waals surface area contributed by atoms with Gasteiger partial charge in [-0.3, -0.25) is 5.43 Å². The Bertz CT molecular complexity index is 484. The molecule has 2 aromatic rings. The van der Waals surface area contributed by atoms with Crippen LogP contribution in [0.4, 0.5) is 5.82 Å². The molecule has 16 heavy (non-hydrogen) atoms. The normalized spacial score (nSPS) is 10.6. The number of hydrazone groups is 1. The molecule has 0 spiro atoms. The number of hydrogen-bond acceptors (Lipinski definition) is 4. The minimum atomic E-state index is 0.382. The van der Waals surface area contributed by atoms with Gasteiger partial charge in [0.25, 0.3) is 0 Å². The summed E-state index contributed by atoms with van der Waals surface area (Å²) in [5, 5.41) is 4.41. The second kappa shape index (κ2) is 5.23. The van der Waals surface area contributed by atoms with E-state index in [1.807, 2.05) is 30.3 Å². The summed E-state index contributed by atoms with van der Waals surface area (Å²) in [5.41, 5.74) is 3.78. The summed E-state index contributed by atoms with van der Waals surface area (Å²) in [6.45, 7) is 0. The third-order valence-electron chi connectivity index (χ3n) is 1.83. The summed E-state index contributed by atoms with van der Waals surface area (Å²) in [5.74, 6) is 0.562. The molecule has 0 atom stereocenters. The zero-order valence-corrected chi connectivity index (χ0v) is 9.09. The van der Waals surface area contributed by atoms with E-state index in [1.165, 1.54) is 6.33 Å². The van der Waals surface area contributed by atoms with Crippen molar-refractivity contribution < 1.29 is 0 Å². The van der Waals surface area contributed by atoms with Crippen LogP contribution < -0.4 is 5.43 Å². The third kappa shape index (κ3) is 3.03. The van der Waals surface area contributed by atoms with Crippen LogP contribution in [-0.2, 0) is 0 Å². The zero-order chi connectivity index (χ0) is 11.2. The van der Waals surface area contributed by atoms with Crippen LogP contribution in [0, 0.1) is 0 Å². The van der Waals surface area contributed by atoms with Crippen LogP contribution in [0.1, 0.15) is 5.56 Å². The molecular formula is C11H9ClN4. The topological polar surface area (TPSA) is 50.2 Å². The monoisotopic (exact) mass is 232 g/mol. The molecule has 0 aliphatic carbocycles. The van der Waals surface area contributed by atoms with Crippen LogP contribution in [0.15, 0.2) is 47.8 Å². The van der Waals surface area contributed by atoms with Crippen LogP contribution in [0.2, 0.25) is 5.15 Å². The zero-order valence-electron chi connectivity index (χ0n) is 8.34.